The molecule has 1 aliphatic heterocycles. The van der Waals surface area contributed by atoms with E-state index in [1.54, 1.807) is 6.07 Å². The summed E-state index contributed by atoms with van der Waals surface area (Å²) in [5.74, 6) is -1.23. The number of para-hydroxylation sites is 1. The highest BCUT2D eigenvalue weighted by molar-refractivity contribution is 6.08. The average molecular weight is 248 g/mol. The number of hydrogen-bond acceptors (Lipinski definition) is 3. The minimum atomic E-state index is -1.04. The van der Waals surface area contributed by atoms with Crippen LogP contribution in [-0.4, -0.2) is 29.1 Å². The third-order valence-corrected chi connectivity index (χ3v) is 2.94. The van der Waals surface area contributed by atoms with Crippen LogP contribution in [0.25, 0.3) is 0 Å². The molecule has 18 heavy (non-hydrogen) atoms. The molecule has 0 unspecified atom stereocenters. The molecule has 1 aromatic carbocycles. The maximum atomic E-state index is 11.7. The number of amides is 1. The third-order valence-electron chi connectivity index (χ3n) is 2.94. The number of carbonyl (C=O) groups is 2. The van der Waals surface area contributed by atoms with Gasteiger partial charge in [0.05, 0.1) is 23.5 Å². The van der Waals surface area contributed by atoms with Gasteiger partial charge in [-0.15, -0.1) is 0 Å². The van der Waals surface area contributed by atoms with Gasteiger partial charge >= 0.3 is 5.97 Å². The lowest BCUT2D eigenvalue weighted by Crippen LogP contribution is -2.49. The molecule has 96 valence electrons. The molecule has 5 nitrogen and oxygen atoms in total. The Kier molecular flexibility index (Phi) is 2.77. The van der Waals surface area contributed by atoms with Crippen LogP contribution in [0.2, 0.25) is 0 Å². The topological polar surface area (TPSA) is 69.6 Å². The van der Waals surface area contributed by atoms with Gasteiger partial charge in [-0.2, -0.15) is 0 Å². The Balaban J connectivity index is 2.61. The van der Waals surface area contributed by atoms with Crippen LogP contribution in [0.1, 0.15) is 31.1 Å². The van der Waals surface area contributed by atoms with Crippen LogP contribution in [0.3, 0.4) is 0 Å². The number of benzene rings is 1. The number of aromatic carboxylic acids is 1. The van der Waals surface area contributed by atoms with E-state index in [-0.39, 0.29) is 23.6 Å². The molecule has 0 spiro atoms. The molecule has 5 heteroatoms. The highest BCUT2D eigenvalue weighted by Crippen LogP contribution is 2.36. The van der Waals surface area contributed by atoms with Gasteiger partial charge in [-0.3, -0.25) is 4.79 Å². The van der Waals surface area contributed by atoms with Gasteiger partial charge in [0.1, 0.15) is 0 Å². The fourth-order valence-electron chi connectivity index (χ4n) is 2.08. The fourth-order valence-corrected chi connectivity index (χ4v) is 2.08. The van der Waals surface area contributed by atoms with E-state index < -0.39 is 5.97 Å². The largest absolute Gasteiger partial charge is 0.478 e. The maximum Gasteiger partial charge on any atom is 0.337 e. The summed E-state index contributed by atoms with van der Waals surface area (Å²) in [5, 5.41) is 11.8. The Labute approximate surface area is 105 Å². The van der Waals surface area contributed by atoms with Crippen molar-refractivity contribution in [3.63, 3.8) is 0 Å². The molecule has 0 saturated heterocycles. The molecule has 1 aromatic rings. The number of nitrogens with one attached hydrogen (secondary N) is 1. The molecule has 0 aliphatic carbocycles. The highest BCUT2D eigenvalue weighted by Gasteiger charge is 2.32. The number of carbonyl (C=O) groups excluding carboxylic acids is 1. The summed E-state index contributed by atoms with van der Waals surface area (Å²) in [4.78, 5) is 24.8. The van der Waals surface area contributed by atoms with Crippen LogP contribution in [0.15, 0.2) is 18.2 Å². The fraction of sp³-hybridized carbons (Fsp3) is 0.385. The molecular weight excluding hydrogens is 232 g/mol. The zero-order valence-corrected chi connectivity index (χ0v) is 10.7. The van der Waals surface area contributed by atoms with E-state index in [1.165, 1.54) is 6.07 Å². The summed E-state index contributed by atoms with van der Waals surface area (Å²) in [6, 6.07) is 5.01. The van der Waals surface area contributed by atoms with Crippen LogP contribution in [0.4, 0.5) is 11.4 Å². The van der Waals surface area contributed by atoms with Crippen molar-refractivity contribution >= 4 is 23.3 Å². The Morgan fingerprint density at radius 3 is 2.61 bits per heavy atom. The van der Waals surface area contributed by atoms with Crippen LogP contribution in [0.5, 0.6) is 0 Å². The molecule has 0 bridgehead atoms. The Morgan fingerprint density at radius 2 is 2.06 bits per heavy atom. The number of anilines is 2. The second-order valence-electron chi connectivity index (χ2n) is 5.31. The standard InChI is InChI=1S/C13H16N2O3/c1-13(2,3)15-7-10(16)14-11-8(12(17)18)5-4-6-9(11)15/h4-6H,7H2,1-3H3,(H,14,16)(H,17,18). The molecular formula is C13H16N2O3. The first-order valence-corrected chi connectivity index (χ1v) is 5.74. The number of carboxylic acid groups (broad SMARTS) is 1. The van der Waals surface area contributed by atoms with Gasteiger partial charge in [0.15, 0.2) is 0 Å². The first kappa shape index (κ1) is 12.4. The summed E-state index contributed by atoms with van der Waals surface area (Å²) in [6.45, 7) is 6.20. The summed E-state index contributed by atoms with van der Waals surface area (Å²) < 4.78 is 0. The lowest BCUT2D eigenvalue weighted by Gasteiger charge is -2.41. The van der Waals surface area contributed by atoms with E-state index in [0.29, 0.717) is 5.69 Å². The van der Waals surface area contributed by atoms with Crippen LogP contribution >= 0.6 is 0 Å². The van der Waals surface area contributed by atoms with Gasteiger partial charge < -0.3 is 15.3 Å². The maximum absolute atomic E-state index is 11.7. The summed E-state index contributed by atoms with van der Waals surface area (Å²) >= 11 is 0. The summed E-state index contributed by atoms with van der Waals surface area (Å²) in [7, 11) is 0. The van der Waals surface area contributed by atoms with E-state index in [4.69, 9.17) is 5.11 Å². The number of carboxylic acids is 1. The number of hydrogen-bond donors (Lipinski definition) is 2. The van der Waals surface area contributed by atoms with Crippen LogP contribution < -0.4 is 10.2 Å². The van der Waals surface area contributed by atoms with Crippen molar-refractivity contribution in [2.75, 3.05) is 16.8 Å². The van der Waals surface area contributed by atoms with Crippen molar-refractivity contribution in [1.29, 1.82) is 0 Å². The molecule has 1 amide bonds. The van der Waals surface area contributed by atoms with Gasteiger partial charge in [-0.25, -0.2) is 4.79 Å². The molecule has 0 radical (unpaired) electrons. The smallest absolute Gasteiger partial charge is 0.337 e. The molecule has 0 aromatic heterocycles. The van der Waals surface area contributed by atoms with E-state index in [9.17, 15) is 9.59 Å². The average Bonchev–Trinajstić information content (AvgIpc) is 2.25. The van der Waals surface area contributed by atoms with Gasteiger partial charge in [-0.05, 0) is 32.9 Å². The minimum Gasteiger partial charge on any atom is -0.478 e. The normalized spacial score (nSPS) is 15.1. The van der Waals surface area contributed by atoms with Gasteiger partial charge in [-0.1, -0.05) is 6.07 Å². The minimum absolute atomic E-state index is 0.120. The molecule has 0 saturated carbocycles. The number of fused-ring (bicyclic) bond motifs is 1. The predicted octanol–water partition coefficient (Wildman–Crippen LogP) is 1.94. The van der Waals surface area contributed by atoms with Crippen LogP contribution in [-0.2, 0) is 4.79 Å². The van der Waals surface area contributed by atoms with Crippen LogP contribution in [0, 0.1) is 0 Å². The van der Waals surface area contributed by atoms with Gasteiger partial charge in [0.2, 0.25) is 5.91 Å². The Morgan fingerprint density at radius 1 is 1.39 bits per heavy atom. The SMILES string of the molecule is CC(C)(C)N1CC(=O)Nc2c(C(=O)O)cccc21. The molecule has 2 rings (SSSR count). The molecule has 0 atom stereocenters. The van der Waals surface area contributed by atoms with E-state index in [1.807, 2.05) is 31.7 Å². The van der Waals surface area contributed by atoms with Crippen molar-refractivity contribution < 1.29 is 14.7 Å². The first-order valence-electron chi connectivity index (χ1n) is 5.74. The summed E-state index contributed by atoms with van der Waals surface area (Å²) in [5.41, 5.74) is 1.01. The van der Waals surface area contributed by atoms with Crippen molar-refractivity contribution in [3.8, 4) is 0 Å². The first-order chi connectivity index (χ1) is 8.30. The second kappa shape index (κ2) is 4.01. The molecule has 1 heterocycles. The molecule has 2 N–H and O–H groups in total. The molecule has 1 aliphatic rings. The van der Waals surface area contributed by atoms with Crippen molar-refractivity contribution in [3.05, 3.63) is 23.8 Å². The molecule has 0 fully saturated rings. The highest BCUT2D eigenvalue weighted by atomic mass is 16.4. The Hall–Kier alpha value is -2.04. The quantitative estimate of drug-likeness (QED) is 0.797. The van der Waals surface area contributed by atoms with Gasteiger partial charge in [0.25, 0.3) is 0 Å². The Bertz CT molecular complexity index is 517. The predicted molar refractivity (Wildman–Crippen MR) is 69.1 cm³/mol. The van der Waals surface area contributed by atoms with E-state index >= 15 is 0 Å². The second-order valence-corrected chi connectivity index (χ2v) is 5.31. The lowest BCUT2D eigenvalue weighted by atomic mass is 10.0. The number of rotatable bonds is 1. The zero-order valence-electron chi connectivity index (χ0n) is 10.7. The van der Waals surface area contributed by atoms with Gasteiger partial charge in [0, 0.05) is 5.54 Å². The van der Waals surface area contributed by atoms with Crippen molar-refractivity contribution in [2.24, 2.45) is 0 Å². The number of nitrogens with zero attached hydrogens (tertiary/aromatic N) is 1. The van der Waals surface area contributed by atoms with E-state index in [2.05, 4.69) is 5.32 Å². The lowest BCUT2D eigenvalue weighted by molar-refractivity contribution is -0.115. The van der Waals surface area contributed by atoms with Crippen molar-refractivity contribution in [1.82, 2.24) is 0 Å². The summed E-state index contributed by atoms with van der Waals surface area (Å²) in [6.07, 6.45) is 0. The van der Waals surface area contributed by atoms with Crippen molar-refractivity contribution in [2.45, 2.75) is 26.3 Å². The van der Waals surface area contributed by atoms with E-state index in [0.717, 1.165) is 5.69 Å². The zero-order chi connectivity index (χ0) is 13.5. The monoisotopic (exact) mass is 248 g/mol. The third kappa shape index (κ3) is 2.03.